The van der Waals surface area contributed by atoms with Crippen LogP contribution in [0.15, 0.2) is 42.5 Å². The number of ether oxygens (including phenoxy) is 1. The molecular weight excluding hydrogens is 425 g/mol. The average molecular weight is 444 g/mol. The van der Waals surface area contributed by atoms with Crippen molar-refractivity contribution in [2.75, 3.05) is 13.1 Å². The minimum Gasteiger partial charge on any atom is -0.489 e. The molecule has 0 bridgehead atoms. The predicted molar refractivity (Wildman–Crippen MR) is 101 cm³/mol. The lowest BCUT2D eigenvalue weighted by atomic mass is 10.0. The molecule has 0 aliphatic carbocycles. The number of benzene rings is 2. The third kappa shape index (κ3) is 4.59. The second-order valence-electron chi connectivity index (χ2n) is 5.76. The number of hydrogen-bond donors (Lipinski definition) is 2. The fourth-order valence-corrected chi connectivity index (χ4v) is 3.52. The van der Waals surface area contributed by atoms with E-state index < -0.39 is 6.10 Å². The molecule has 3 nitrogen and oxygen atoms in total. The lowest BCUT2D eigenvalue weighted by Crippen LogP contribution is -2.36. The van der Waals surface area contributed by atoms with E-state index in [1.54, 1.807) is 12.1 Å². The molecule has 1 aliphatic rings. The van der Waals surface area contributed by atoms with E-state index in [0.717, 1.165) is 30.7 Å². The Morgan fingerprint density at radius 2 is 2.17 bits per heavy atom. The van der Waals surface area contributed by atoms with Crippen molar-refractivity contribution in [3.63, 3.8) is 0 Å². The van der Waals surface area contributed by atoms with Crippen molar-refractivity contribution in [3.05, 3.63) is 62.2 Å². The molecule has 0 saturated heterocycles. The maximum Gasteiger partial charge on any atom is 0.123 e. The van der Waals surface area contributed by atoms with Crippen molar-refractivity contribution in [2.24, 2.45) is 0 Å². The quantitative estimate of drug-likeness (QED) is 0.687. The number of aliphatic hydroxyl groups excluding tert-OH is 1. The third-order valence-electron chi connectivity index (χ3n) is 3.99. The maximum absolute atomic E-state index is 10.2. The summed E-state index contributed by atoms with van der Waals surface area (Å²) in [4.78, 5) is 0. The zero-order chi connectivity index (χ0) is 16.2. The van der Waals surface area contributed by atoms with Gasteiger partial charge in [0, 0.05) is 21.7 Å². The summed E-state index contributed by atoms with van der Waals surface area (Å²) in [6.07, 6.45) is 1.61. The van der Waals surface area contributed by atoms with Crippen molar-refractivity contribution < 1.29 is 9.84 Å². The molecule has 1 heterocycles. The van der Waals surface area contributed by atoms with Gasteiger partial charge in [0.15, 0.2) is 0 Å². The van der Waals surface area contributed by atoms with Crippen LogP contribution in [0.4, 0.5) is 0 Å². The lowest BCUT2D eigenvalue weighted by Gasteiger charge is -2.27. The van der Waals surface area contributed by atoms with Crippen molar-refractivity contribution in [1.82, 2.24) is 5.32 Å². The maximum atomic E-state index is 10.2. The predicted octanol–water partition coefficient (Wildman–Crippen LogP) is 3.96. The van der Waals surface area contributed by atoms with E-state index >= 15 is 0 Å². The highest BCUT2D eigenvalue weighted by Gasteiger charge is 2.20. The molecule has 0 amide bonds. The van der Waals surface area contributed by atoms with Crippen LogP contribution in [-0.2, 0) is 6.42 Å². The standard InChI is InChI=1S/C18H19ClINO2/c19-14-3-1-2-12(8-14)17(22)11-21-10-16-6-4-13-9-15(20)5-7-18(13)23-16/h1-3,5,7-9,16-17,21-22H,4,6,10-11H2/t16-,17+/m1/s1. The van der Waals surface area contributed by atoms with Gasteiger partial charge in [-0.3, -0.25) is 0 Å². The summed E-state index contributed by atoms with van der Waals surface area (Å²) in [5, 5.41) is 14.1. The highest BCUT2D eigenvalue weighted by atomic mass is 127. The highest BCUT2D eigenvalue weighted by molar-refractivity contribution is 14.1. The van der Waals surface area contributed by atoms with E-state index in [1.807, 2.05) is 18.2 Å². The summed E-state index contributed by atoms with van der Waals surface area (Å²) >= 11 is 8.28. The van der Waals surface area contributed by atoms with Gasteiger partial charge in [0.2, 0.25) is 0 Å². The number of nitrogens with one attached hydrogen (secondary N) is 1. The van der Waals surface area contributed by atoms with Gasteiger partial charge in [-0.1, -0.05) is 23.7 Å². The average Bonchev–Trinajstić information content (AvgIpc) is 2.55. The van der Waals surface area contributed by atoms with Gasteiger partial charge in [-0.25, -0.2) is 0 Å². The van der Waals surface area contributed by atoms with Crippen LogP contribution < -0.4 is 10.1 Å². The fourth-order valence-electron chi connectivity index (χ4n) is 2.77. The van der Waals surface area contributed by atoms with E-state index in [-0.39, 0.29) is 6.10 Å². The summed E-state index contributed by atoms with van der Waals surface area (Å²) < 4.78 is 7.27. The Bertz CT molecular complexity index is 680. The second kappa shape index (κ2) is 7.83. The molecular formula is C18H19ClINO2. The van der Waals surface area contributed by atoms with Crippen LogP contribution in [0, 0.1) is 3.57 Å². The zero-order valence-corrected chi connectivity index (χ0v) is 15.5. The highest BCUT2D eigenvalue weighted by Crippen LogP contribution is 2.28. The number of rotatable bonds is 5. The van der Waals surface area contributed by atoms with Crippen LogP contribution in [0.1, 0.15) is 23.7 Å². The number of aliphatic hydroxyl groups is 1. The molecule has 0 fully saturated rings. The summed E-state index contributed by atoms with van der Waals surface area (Å²) in [6, 6.07) is 13.6. The van der Waals surface area contributed by atoms with E-state index in [4.69, 9.17) is 16.3 Å². The Hall–Kier alpha value is -0.820. The molecule has 5 heteroatoms. The first-order valence-electron chi connectivity index (χ1n) is 7.71. The van der Waals surface area contributed by atoms with Gasteiger partial charge in [-0.2, -0.15) is 0 Å². The first-order chi connectivity index (χ1) is 11.1. The summed E-state index contributed by atoms with van der Waals surface area (Å²) in [7, 11) is 0. The lowest BCUT2D eigenvalue weighted by molar-refractivity contribution is 0.146. The monoisotopic (exact) mass is 443 g/mol. The molecule has 2 N–H and O–H groups in total. The molecule has 0 radical (unpaired) electrons. The van der Waals surface area contributed by atoms with Gasteiger partial charge >= 0.3 is 0 Å². The Morgan fingerprint density at radius 1 is 1.30 bits per heavy atom. The van der Waals surface area contributed by atoms with E-state index in [2.05, 4.69) is 40.0 Å². The van der Waals surface area contributed by atoms with Gasteiger partial charge in [0.05, 0.1) is 6.10 Å². The second-order valence-corrected chi connectivity index (χ2v) is 7.44. The first kappa shape index (κ1) is 17.0. The fraction of sp³-hybridized carbons (Fsp3) is 0.333. The van der Waals surface area contributed by atoms with E-state index in [9.17, 15) is 5.11 Å². The van der Waals surface area contributed by atoms with Crippen LogP contribution in [-0.4, -0.2) is 24.3 Å². The molecule has 2 aromatic rings. The van der Waals surface area contributed by atoms with Gasteiger partial charge < -0.3 is 15.2 Å². The molecule has 3 rings (SSSR count). The molecule has 0 aromatic heterocycles. The normalized spacial score (nSPS) is 18.1. The van der Waals surface area contributed by atoms with Crippen LogP contribution in [0.5, 0.6) is 5.75 Å². The number of aryl methyl sites for hydroxylation is 1. The molecule has 2 aromatic carbocycles. The van der Waals surface area contributed by atoms with Crippen LogP contribution in [0.3, 0.4) is 0 Å². The minimum absolute atomic E-state index is 0.147. The van der Waals surface area contributed by atoms with Gasteiger partial charge in [-0.05, 0) is 76.9 Å². The molecule has 1 aliphatic heterocycles. The van der Waals surface area contributed by atoms with Crippen molar-refractivity contribution in [1.29, 1.82) is 0 Å². The van der Waals surface area contributed by atoms with E-state index in [0.29, 0.717) is 11.6 Å². The SMILES string of the molecule is O[C@@H](CNC[C@H]1CCc2cc(I)ccc2O1)c1cccc(Cl)c1. The molecule has 122 valence electrons. The summed E-state index contributed by atoms with van der Waals surface area (Å²) in [6.45, 7) is 1.21. The minimum atomic E-state index is -0.564. The Balaban J connectivity index is 1.49. The Kier molecular flexibility index (Phi) is 5.80. The summed E-state index contributed by atoms with van der Waals surface area (Å²) in [5.41, 5.74) is 2.11. The smallest absolute Gasteiger partial charge is 0.123 e. The van der Waals surface area contributed by atoms with Gasteiger partial charge in [0.25, 0.3) is 0 Å². The molecule has 0 saturated carbocycles. The first-order valence-corrected chi connectivity index (χ1v) is 9.17. The molecule has 0 spiro atoms. The molecule has 2 atom stereocenters. The van der Waals surface area contributed by atoms with Crippen LogP contribution in [0.2, 0.25) is 5.02 Å². The molecule has 23 heavy (non-hydrogen) atoms. The number of halogens is 2. The van der Waals surface area contributed by atoms with Gasteiger partial charge in [-0.15, -0.1) is 0 Å². The van der Waals surface area contributed by atoms with Gasteiger partial charge in [0.1, 0.15) is 11.9 Å². The Morgan fingerprint density at radius 3 is 3.00 bits per heavy atom. The van der Waals surface area contributed by atoms with Crippen molar-refractivity contribution in [3.8, 4) is 5.75 Å². The number of hydrogen-bond acceptors (Lipinski definition) is 3. The van der Waals surface area contributed by atoms with Crippen molar-refractivity contribution >= 4 is 34.2 Å². The topological polar surface area (TPSA) is 41.5 Å². The largest absolute Gasteiger partial charge is 0.489 e. The molecule has 0 unspecified atom stereocenters. The third-order valence-corrected chi connectivity index (χ3v) is 4.90. The van der Waals surface area contributed by atoms with Crippen LogP contribution in [0.25, 0.3) is 0 Å². The Labute approximate surface area is 155 Å². The number of fused-ring (bicyclic) bond motifs is 1. The van der Waals surface area contributed by atoms with E-state index in [1.165, 1.54) is 9.13 Å². The zero-order valence-electron chi connectivity index (χ0n) is 12.6. The van der Waals surface area contributed by atoms with Crippen LogP contribution >= 0.6 is 34.2 Å². The van der Waals surface area contributed by atoms with Crippen molar-refractivity contribution in [2.45, 2.75) is 25.0 Å². The summed E-state index contributed by atoms with van der Waals surface area (Å²) in [5.74, 6) is 0.985.